The molecule has 2 aliphatic heterocycles. The van der Waals surface area contributed by atoms with Crippen molar-refractivity contribution in [2.75, 3.05) is 26.2 Å². The molecule has 0 radical (unpaired) electrons. The Morgan fingerprint density at radius 1 is 1.22 bits per heavy atom. The number of hydrogen-bond acceptors (Lipinski definition) is 3. The molecule has 23 heavy (non-hydrogen) atoms. The largest absolute Gasteiger partial charge is 0.341 e. The summed E-state index contributed by atoms with van der Waals surface area (Å²) in [6.07, 6.45) is 3.56. The molecule has 0 aromatic heterocycles. The van der Waals surface area contributed by atoms with Crippen molar-refractivity contribution in [1.29, 1.82) is 0 Å². The predicted molar refractivity (Wildman–Crippen MR) is 99.8 cm³/mol. The van der Waals surface area contributed by atoms with Crippen LogP contribution in [0.1, 0.15) is 33.1 Å². The van der Waals surface area contributed by atoms with Crippen LogP contribution in [-0.2, 0) is 4.79 Å². The van der Waals surface area contributed by atoms with E-state index < -0.39 is 4.75 Å². The van der Waals surface area contributed by atoms with Crippen LogP contribution in [0.25, 0.3) is 0 Å². The fourth-order valence-corrected chi connectivity index (χ4v) is 4.97. The smallest absolute Gasteiger partial charge is 0.238 e. The zero-order chi connectivity index (χ0) is 16.5. The van der Waals surface area contributed by atoms with Gasteiger partial charge in [0.1, 0.15) is 0 Å². The Hall–Kier alpha value is -0.520. The van der Waals surface area contributed by atoms with Crippen molar-refractivity contribution in [3.8, 4) is 0 Å². The Morgan fingerprint density at radius 2 is 1.87 bits per heavy atom. The number of piperidine rings is 1. The Labute approximate surface area is 151 Å². The van der Waals surface area contributed by atoms with E-state index in [1.54, 1.807) is 11.8 Å². The van der Waals surface area contributed by atoms with Crippen molar-refractivity contribution >= 4 is 33.6 Å². The van der Waals surface area contributed by atoms with Gasteiger partial charge in [-0.25, -0.2) is 0 Å². The van der Waals surface area contributed by atoms with Gasteiger partial charge in [-0.2, -0.15) is 0 Å². The Bertz CT molecular complexity index is 557. The average molecular weight is 397 g/mol. The highest BCUT2D eigenvalue weighted by molar-refractivity contribution is 9.10. The van der Waals surface area contributed by atoms with Gasteiger partial charge in [-0.1, -0.05) is 15.9 Å². The van der Waals surface area contributed by atoms with E-state index in [0.717, 1.165) is 48.4 Å². The Morgan fingerprint density at radius 3 is 2.43 bits per heavy atom. The number of hydrogen-bond donors (Lipinski definition) is 1. The van der Waals surface area contributed by atoms with Gasteiger partial charge < -0.3 is 10.2 Å². The summed E-state index contributed by atoms with van der Waals surface area (Å²) in [4.78, 5) is 16.2. The molecule has 5 heteroatoms. The summed E-state index contributed by atoms with van der Waals surface area (Å²) < 4.78 is 0.643. The summed E-state index contributed by atoms with van der Waals surface area (Å²) in [5.41, 5.74) is 0.458. The number of likely N-dealkylation sites (tertiary alicyclic amines) is 1. The van der Waals surface area contributed by atoms with Gasteiger partial charge in [0, 0.05) is 29.0 Å². The van der Waals surface area contributed by atoms with Crippen molar-refractivity contribution in [1.82, 2.24) is 10.2 Å². The lowest BCUT2D eigenvalue weighted by atomic mass is 9.77. The first-order valence-electron chi connectivity index (χ1n) is 8.35. The monoisotopic (exact) mass is 396 g/mol. The molecule has 0 saturated carbocycles. The lowest BCUT2D eigenvalue weighted by molar-refractivity contribution is -0.135. The fraction of sp³-hybridized carbons (Fsp3) is 0.611. The lowest BCUT2D eigenvalue weighted by Gasteiger charge is -2.41. The van der Waals surface area contributed by atoms with E-state index in [0.29, 0.717) is 5.41 Å². The van der Waals surface area contributed by atoms with Crippen LogP contribution < -0.4 is 5.32 Å². The topological polar surface area (TPSA) is 32.3 Å². The number of benzene rings is 1. The number of carbonyl (C=O) groups excluding carboxylic acids is 1. The van der Waals surface area contributed by atoms with E-state index in [9.17, 15) is 4.79 Å². The second-order valence-corrected chi connectivity index (χ2v) is 9.90. The normalized spacial score (nSPS) is 20.9. The van der Waals surface area contributed by atoms with Gasteiger partial charge in [0.15, 0.2) is 0 Å². The number of carbonyl (C=O) groups is 1. The maximum Gasteiger partial charge on any atom is 0.238 e. The highest BCUT2D eigenvalue weighted by atomic mass is 79.9. The second-order valence-electron chi connectivity index (χ2n) is 7.29. The zero-order valence-corrected chi connectivity index (χ0v) is 16.3. The summed E-state index contributed by atoms with van der Waals surface area (Å²) in [6, 6.07) is 8.19. The molecule has 0 bridgehead atoms. The predicted octanol–water partition coefficient (Wildman–Crippen LogP) is 3.92. The average Bonchev–Trinajstić information content (AvgIpc) is 2.98. The third kappa shape index (κ3) is 3.94. The van der Waals surface area contributed by atoms with Crippen molar-refractivity contribution in [2.24, 2.45) is 5.41 Å². The number of halogens is 1. The van der Waals surface area contributed by atoms with E-state index >= 15 is 0 Å². The molecule has 0 atom stereocenters. The molecular formula is C18H25BrN2OS. The molecule has 2 fully saturated rings. The first-order chi connectivity index (χ1) is 10.9. The van der Waals surface area contributed by atoms with Crippen molar-refractivity contribution in [3.63, 3.8) is 0 Å². The second kappa shape index (κ2) is 6.77. The van der Waals surface area contributed by atoms with E-state index in [4.69, 9.17) is 0 Å². The van der Waals surface area contributed by atoms with E-state index in [-0.39, 0.29) is 5.91 Å². The molecule has 2 aliphatic rings. The van der Waals surface area contributed by atoms with Gasteiger partial charge in [-0.05, 0) is 69.3 Å². The zero-order valence-electron chi connectivity index (χ0n) is 13.9. The van der Waals surface area contributed by atoms with Crippen molar-refractivity contribution in [3.05, 3.63) is 28.7 Å². The minimum absolute atomic E-state index is 0.270. The van der Waals surface area contributed by atoms with E-state index in [2.05, 4.69) is 38.3 Å². The number of nitrogens with one attached hydrogen (secondary N) is 1. The molecule has 0 aliphatic carbocycles. The molecule has 3 rings (SSSR count). The van der Waals surface area contributed by atoms with Crippen molar-refractivity contribution in [2.45, 2.75) is 42.8 Å². The van der Waals surface area contributed by atoms with Crippen LogP contribution in [0.2, 0.25) is 0 Å². The number of rotatable bonds is 3. The molecular weight excluding hydrogens is 372 g/mol. The fourth-order valence-electron chi connectivity index (χ4n) is 3.63. The summed E-state index contributed by atoms with van der Waals surface area (Å²) in [6.45, 7) is 8.17. The first kappa shape index (κ1) is 17.3. The molecule has 1 N–H and O–H groups in total. The molecule has 1 spiro atoms. The minimum Gasteiger partial charge on any atom is -0.341 e. The standard InChI is InChI=1S/C18H25BrN2OS/c1-17(2,23-15-5-3-14(19)4-6-15)16(22)21-11-8-18(9-12-21)7-10-20-13-18/h3-6,20H,7-13H2,1-2H3. The molecule has 1 amide bonds. The van der Waals surface area contributed by atoms with E-state index in [1.165, 1.54) is 6.42 Å². The summed E-state index contributed by atoms with van der Waals surface area (Å²) in [5.74, 6) is 0.270. The minimum atomic E-state index is -0.424. The number of nitrogens with zero attached hydrogens (tertiary/aromatic N) is 1. The van der Waals surface area contributed by atoms with Gasteiger partial charge in [0.05, 0.1) is 4.75 Å². The molecule has 1 aromatic carbocycles. The summed E-state index contributed by atoms with van der Waals surface area (Å²) in [5, 5.41) is 3.48. The lowest BCUT2D eigenvalue weighted by Crippen LogP contribution is -2.49. The Balaban J connectivity index is 1.61. The van der Waals surface area contributed by atoms with Crippen LogP contribution in [0.3, 0.4) is 0 Å². The van der Waals surface area contributed by atoms with Crippen LogP contribution in [0, 0.1) is 5.41 Å². The first-order valence-corrected chi connectivity index (χ1v) is 9.96. The van der Waals surface area contributed by atoms with Gasteiger partial charge in [-0.3, -0.25) is 4.79 Å². The highest BCUT2D eigenvalue weighted by Gasteiger charge is 2.41. The van der Waals surface area contributed by atoms with Crippen LogP contribution in [0.4, 0.5) is 0 Å². The third-order valence-electron chi connectivity index (χ3n) is 5.15. The SMILES string of the molecule is CC(C)(Sc1ccc(Br)cc1)C(=O)N1CCC2(CCNC2)CC1. The van der Waals surface area contributed by atoms with Gasteiger partial charge in [-0.15, -0.1) is 11.8 Å². The molecule has 1 aromatic rings. The maximum atomic E-state index is 13.0. The van der Waals surface area contributed by atoms with Crippen LogP contribution in [0.5, 0.6) is 0 Å². The molecule has 2 saturated heterocycles. The van der Waals surface area contributed by atoms with E-state index in [1.807, 2.05) is 26.0 Å². The van der Waals surface area contributed by atoms with Crippen LogP contribution in [-0.4, -0.2) is 41.7 Å². The quantitative estimate of drug-likeness (QED) is 0.785. The molecule has 0 unspecified atom stereocenters. The molecule has 126 valence electrons. The highest BCUT2D eigenvalue weighted by Crippen LogP contribution is 2.39. The number of thioether (sulfide) groups is 1. The number of amides is 1. The Kier molecular flexibility index (Phi) is 5.09. The van der Waals surface area contributed by atoms with Gasteiger partial charge >= 0.3 is 0 Å². The van der Waals surface area contributed by atoms with Crippen LogP contribution in [0.15, 0.2) is 33.6 Å². The molecule has 2 heterocycles. The van der Waals surface area contributed by atoms with Gasteiger partial charge in [0.25, 0.3) is 0 Å². The van der Waals surface area contributed by atoms with Crippen molar-refractivity contribution < 1.29 is 4.79 Å². The van der Waals surface area contributed by atoms with Crippen LogP contribution >= 0.6 is 27.7 Å². The molecule has 3 nitrogen and oxygen atoms in total. The maximum absolute atomic E-state index is 13.0. The summed E-state index contributed by atoms with van der Waals surface area (Å²) >= 11 is 5.11. The summed E-state index contributed by atoms with van der Waals surface area (Å²) in [7, 11) is 0. The third-order valence-corrected chi connectivity index (χ3v) is 6.87. The van der Waals surface area contributed by atoms with Gasteiger partial charge in [0.2, 0.25) is 5.91 Å².